The molecule has 2 nitrogen and oxygen atoms in total. The van der Waals surface area contributed by atoms with E-state index in [-0.39, 0.29) is 5.82 Å². The summed E-state index contributed by atoms with van der Waals surface area (Å²) in [6.07, 6.45) is 2.46. The molecule has 2 rings (SSSR count). The number of anilines is 1. The standard InChI is InChI=1S/C12H17FN2/c1-9-4-3-7-15(9)8-10-5-2-6-11(13)12(10)14/h2,5-6,9H,3-4,7-8,14H2,1H3. The van der Waals surface area contributed by atoms with E-state index in [9.17, 15) is 4.39 Å². The molecule has 1 aromatic rings. The molecule has 1 heterocycles. The van der Waals surface area contributed by atoms with Crippen LogP contribution in [0.3, 0.4) is 0 Å². The molecular formula is C12H17FN2. The van der Waals surface area contributed by atoms with Crippen LogP contribution in [0, 0.1) is 5.82 Å². The lowest BCUT2D eigenvalue weighted by atomic mass is 10.1. The van der Waals surface area contributed by atoms with Crippen LogP contribution in [-0.4, -0.2) is 17.5 Å². The van der Waals surface area contributed by atoms with E-state index in [0.29, 0.717) is 11.7 Å². The van der Waals surface area contributed by atoms with Crippen molar-refractivity contribution in [1.82, 2.24) is 4.90 Å². The first-order valence-electron chi connectivity index (χ1n) is 5.45. The molecule has 1 aliphatic heterocycles. The lowest BCUT2D eigenvalue weighted by Gasteiger charge is -2.21. The number of nitrogens with two attached hydrogens (primary N) is 1. The van der Waals surface area contributed by atoms with Crippen LogP contribution in [0.4, 0.5) is 10.1 Å². The molecule has 1 fully saturated rings. The highest BCUT2D eigenvalue weighted by Crippen LogP contribution is 2.23. The third kappa shape index (κ3) is 2.12. The van der Waals surface area contributed by atoms with Gasteiger partial charge in [-0.1, -0.05) is 12.1 Å². The van der Waals surface area contributed by atoms with E-state index in [1.807, 2.05) is 6.07 Å². The summed E-state index contributed by atoms with van der Waals surface area (Å²) in [5.74, 6) is -0.306. The van der Waals surface area contributed by atoms with Gasteiger partial charge in [-0.15, -0.1) is 0 Å². The molecule has 1 unspecified atom stereocenters. The second kappa shape index (κ2) is 4.19. The van der Waals surface area contributed by atoms with Crippen molar-refractivity contribution in [2.75, 3.05) is 12.3 Å². The average Bonchev–Trinajstić information content (AvgIpc) is 2.60. The van der Waals surface area contributed by atoms with Gasteiger partial charge in [-0.3, -0.25) is 4.90 Å². The molecular weight excluding hydrogens is 191 g/mol. The zero-order valence-electron chi connectivity index (χ0n) is 9.04. The molecule has 0 aromatic heterocycles. The first-order chi connectivity index (χ1) is 7.18. The van der Waals surface area contributed by atoms with Crippen molar-refractivity contribution in [3.63, 3.8) is 0 Å². The van der Waals surface area contributed by atoms with Crippen molar-refractivity contribution in [3.8, 4) is 0 Å². The first kappa shape index (κ1) is 10.4. The molecule has 2 N–H and O–H groups in total. The van der Waals surface area contributed by atoms with Gasteiger partial charge in [0.05, 0.1) is 5.69 Å². The van der Waals surface area contributed by atoms with Crippen LogP contribution in [-0.2, 0) is 6.54 Å². The van der Waals surface area contributed by atoms with Crippen LogP contribution in [0.2, 0.25) is 0 Å². The summed E-state index contributed by atoms with van der Waals surface area (Å²) in [5, 5.41) is 0. The molecule has 0 radical (unpaired) electrons. The molecule has 0 bridgehead atoms. The molecule has 0 amide bonds. The van der Waals surface area contributed by atoms with Crippen LogP contribution in [0.15, 0.2) is 18.2 Å². The van der Waals surface area contributed by atoms with Crippen LogP contribution < -0.4 is 5.73 Å². The average molecular weight is 208 g/mol. The van der Waals surface area contributed by atoms with E-state index in [1.54, 1.807) is 6.07 Å². The normalized spacial score (nSPS) is 22.1. The molecule has 1 atom stereocenters. The summed E-state index contributed by atoms with van der Waals surface area (Å²) in [4.78, 5) is 2.35. The summed E-state index contributed by atoms with van der Waals surface area (Å²) in [7, 11) is 0. The van der Waals surface area contributed by atoms with Crippen LogP contribution in [0.5, 0.6) is 0 Å². The van der Waals surface area contributed by atoms with Gasteiger partial charge in [-0.2, -0.15) is 0 Å². The Hall–Kier alpha value is -1.09. The number of nitrogens with zero attached hydrogens (tertiary/aromatic N) is 1. The lowest BCUT2D eigenvalue weighted by molar-refractivity contribution is 0.260. The summed E-state index contributed by atoms with van der Waals surface area (Å²) < 4.78 is 13.2. The lowest BCUT2D eigenvalue weighted by Crippen LogP contribution is -2.26. The Morgan fingerprint density at radius 3 is 3.00 bits per heavy atom. The van der Waals surface area contributed by atoms with Gasteiger partial charge < -0.3 is 5.73 Å². The zero-order chi connectivity index (χ0) is 10.8. The van der Waals surface area contributed by atoms with Crippen molar-refractivity contribution >= 4 is 5.69 Å². The second-order valence-corrected chi connectivity index (χ2v) is 4.27. The highest BCUT2D eigenvalue weighted by atomic mass is 19.1. The molecule has 1 aliphatic rings. The molecule has 3 heteroatoms. The fraction of sp³-hybridized carbons (Fsp3) is 0.500. The van der Waals surface area contributed by atoms with Crippen LogP contribution in [0.1, 0.15) is 25.3 Å². The van der Waals surface area contributed by atoms with Gasteiger partial charge in [0.25, 0.3) is 0 Å². The van der Waals surface area contributed by atoms with Gasteiger partial charge >= 0.3 is 0 Å². The van der Waals surface area contributed by atoms with Crippen molar-refractivity contribution in [2.45, 2.75) is 32.4 Å². The summed E-state index contributed by atoms with van der Waals surface area (Å²) in [6.45, 7) is 4.07. The minimum Gasteiger partial charge on any atom is -0.396 e. The number of rotatable bonds is 2. The van der Waals surface area contributed by atoms with Gasteiger partial charge in [0, 0.05) is 12.6 Å². The van der Waals surface area contributed by atoms with Crippen molar-refractivity contribution in [1.29, 1.82) is 0 Å². The predicted molar refractivity (Wildman–Crippen MR) is 59.9 cm³/mol. The highest BCUT2D eigenvalue weighted by Gasteiger charge is 2.21. The van der Waals surface area contributed by atoms with Crippen LogP contribution in [0.25, 0.3) is 0 Å². The van der Waals surface area contributed by atoms with E-state index >= 15 is 0 Å². The smallest absolute Gasteiger partial charge is 0.146 e. The van der Waals surface area contributed by atoms with E-state index < -0.39 is 0 Å². The third-order valence-electron chi connectivity index (χ3n) is 3.21. The first-order valence-corrected chi connectivity index (χ1v) is 5.45. The monoisotopic (exact) mass is 208 g/mol. The van der Waals surface area contributed by atoms with Crippen molar-refractivity contribution in [3.05, 3.63) is 29.6 Å². The SMILES string of the molecule is CC1CCCN1Cc1cccc(F)c1N. The Kier molecular flexibility index (Phi) is 2.91. The molecule has 0 aliphatic carbocycles. The molecule has 0 saturated carbocycles. The number of hydrogen-bond acceptors (Lipinski definition) is 2. The van der Waals surface area contributed by atoms with Crippen LogP contribution >= 0.6 is 0 Å². The Bertz CT molecular complexity index is 351. The fourth-order valence-electron chi connectivity index (χ4n) is 2.17. The Labute approximate surface area is 89.9 Å². The predicted octanol–water partition coefficient (Wildman–Crippen LogP) is 2.39. The Morgan fingerprint density at radius 1 is 1.53 bits per heavy atom. The number of nitrogen functional groups attached to an aromatic ring is 1. The molecule has 1 saturated heterocycles. The molecule has 1 aromatic carbocycles. The number of halogens is 1. The van der Waals surface area contributed by atoms with Gasteiger partial charge in [-0.05, 0) is 37.9 Å². The zero-order valence-corrected chi connectivity index (χ0v) is 9.04. The van der Waals surface area contributed by atoms with Gasteiger partial charge in [0.15, 0.2) is 0 Å². The van der Waals surface area contributed by atoms with Crippen molar-refractivity contribution < 1.29 is 4.39 Å². The number of benzene rings is 1. The number of likely N-dealkylation sites (tertiary alicyclic amines) is 1. The maximum atomic E-state index is 13.2. The molecule has 0 spiro atoms. The fourth-order valence-corrected chi connectivity index (χ4v) is 2.17. The summed E-state index contributed by atoms with van der Waals surface area (Å²) in [6, 6.07) is 5.63. The molecule has 82 valence electrons. The second-order valence-electron chi connectivity index (χ2n) is 4.27. The molecule has 15 heavy (non-hydrogen) atoms. The quantitative estimate of drug-likeness (QED) is 0.756. The topological polar surface area (TPSA) is 29.3 Å². The largest absolute Gasteiger partial charge is 0.396 e. The van der Waals surface area contributed by atoms with Gasteiger partial charge in [0.2, 0.25) is 0 Å². The van der Waals surface area contributed by atoms with Gasteiger partial charge in [-0.25, -0.2) is 4.39 Å². The maximum Gasteiger partial charge on any atom is 0.146 e. The van der Waals surface area contributed by atoms with Crippen molar-refractivity contribution in [2.24, 2.45) is 0 Å². The Morgan fingerprint density at radius 2 is 2.33 bits per heavy atom. The number of hydrogen-bond donors (Lipinski definition) is 1. The van der Waals surface area contributed by atoms with E-state index in [1.165, 1.54) is 18.9 Å². The summed E-state index contributed by atoms with van der Waals surface area (Å²) >= 11 is 0. The van der Waals surface area contributed by atoms with E-state index in [4.69, 9.17) is 5.73 Å². The Balaban J connectivity index is 2.13. The minimum atomic E-state index is -0.306. The van der Waals surface area contributed by atoms with Gasteiger partial charge in [0.1, 0.15) is 5.82 Å². The minimum absolute atomic E-state index is 0.302. The summed E-state index contributed by atoms with van der Waals surface area (Å²) in [5.41, 5.74) is 6.91. The number of para-hydroxylation sites is 1. The van der Waals surface area contributed by atoms with E-state index in [0.717, 1.165) is 18.7 Å². The highest BCUT2D eigenvalue weighted by molar-refractivity contribution is 5.47. The van der Waals surface area contributed by atoms with E-state index in [2.05, 4.69) is 11.8 Å². The maximum absolute atomic E-state index is 13.2. The third-order valence-corrected chi connectivity index (χ3v) is 3.21.